The van der Waals surface area contributed by atoms with Gasteiger partial charge in [0.15, 0.2) is 9.84 Å². The molecule has 0 radical (unpaired) electrons. The fraction of sp³-hybridized carbons (Fsp3) is 0.154. The van der Waals surface area contributed by atoms with Crippen LogP contribution < -0.4 is 0 Å². The topological polar surface area (TPSA) is 47.0 Å². The molecule has 0 aliphatic rings. The molecule has 1 aromatic carbocycles. The number of sulfone groups is 1. The summed E-state index contributed by atoms with van der Waals surface area (Å²) >= 11 is 3.32. The molecule has 0 bridgehead atoms. The van der Waals surface area contributed by atoms with E-state index in [1.54, 1.807) is 12.1 Å². The van der Waals surface area contributed by atoms with E-state index in [0.717, 1.165) is 10.0 Å². The summed E-state index contributed by atoms with van der Waals surface area (Å²) in [4.78, 5) is 3.18. The first-order valence-electron chi connectivity index (χ1n) is 5.58. The molecule has 0 fully saturated rings. The lowest BCUT2D eigenvalue weighted by molar-refractivity contribution is 0.539. The number of rotatable bonds is 3. The quantitative estimate of drug-likeness (QED) is 0.802. The van der Waals surface area contributed by atoms with Crippen LogP contribution in [0.25, 0.3) is 11.1 Å². The van der Waals surface area contributed by atoms with Gasteiger partial charge in [-0.15, -0.1) is 0 Å². The molecule has 0 N–H and O–H groups in total. The third kappa shape index (κ3) is 3.01. The van der Waals surface area contributed by atoms with Gasteiger partial charge in [0, 0.05) is 16.2 Å². The molecule has 2 rings (SSSR count). The zero-order chi connectivity index (χ0) is 14.0. The zero-order valence-electron chi connectivity index (χ0n) is 10.1. The Balaban J connectivity index is 2.56. The van der Waals surface area contributed by atoms with E-state index in [1.165, 1.54) is 19.2 Å². The fourth-order valence-electron chi connectivity index (χ4n) is 1.60. The lowest BCUT2D eigenvalue weighted by Crippen LogP contribution is -2.07. The minimum atomic E-state index is -3.61. The first-order chi connectivity index (χ1) is 8.94. The standard InChI is InChI=1S/C13H11BrFNO2S/c1-2-19(17,18)12-7-10(8-16-13(12)15)9-3-5-11(14)6-4-9/h3-8H,2H2,1H3. The van der Waals surface area contributed by atoms with Crippen molar-refractivity contribution in [3.05, 3.63) is 46.9 Å². The average Bonchev–Trinajstić information content (AvgIpc) is 2.40. The number of benzene rings is 1. The Morgan fingerprint density at radius 2 is 1.84 bits per heavy atom. The van der Waals surface area contributed by atoms with Gasteiger partial charge in [-0.1, -0.05) is 35.0 Å². The molecule has 0 aliphatic carbocycles. The van der Waals surface area contributed by atoms with Crippen LogP contribution in [0.2, 0.25) is 0 Å². The summed E-state index contributed by atoms with van der Waals surface area (Å²) in [6.07, 6.45) is 1.33. The van der Waals surface area contributed by atoms with Crippen molar-refractivity contribution in [1.82, 2.24) is 4.98 Å². The van der Waals surface area contributed by atoms with Gasteiger partial charge in [0.2, 0.25) is 5.95 Å². The number of hydrogen-bond donors (Lipinski definition) is 0. The highest BCUT2D eigenvalue weighted by Gasteiger charge is 2.19. The van der Waals surface area contributed by atoms with E-state index in [9.17, 15) is 12.8 Å². The van der Waals surface area contributed by atoms with Crippen LogP contribution in [0.4, 0.5) is 4.39 Å². The molecule has 0 atom stereocenters. The predicted octanol–water partition coefficient (Wildman–Crippen LogP) is 3.44. The normalized spacial score (nSPS) is 11.5. The Morgan fingerprint density at radius 3 is 2.42 bits per heavy atom. The molecule has 0 aliphatic heterocycles. The molecule has 3 nitrogen and oxygen atoms in total. The van der Waals surface area contributed by atoms with Crippen molar-refractivity contribution in [3.63, 3.8) is 0 Å². The Kier molecular flexibility index (Phi) is 4.01. The minimum Gasteiger partial charge on any atom is -0.227 e. The van der Waals surface area contributed by atoms with Gasteiger partial charge in [0.1, 0.15) is 4.90 Å². The van der Waals surface area contributed by atoms with Crippen molar-refractivity contribution < 1.29 is 12.8 Å². The van der Waals surface area contributed by atoms with Crippen LogP contribution in [-0.2, 0) is 9.84 Å². The Labute approximate surface area is 119 Å². The molecule has 6 heteroatoms. The lowest BCUT2D eigenvalue weighted by Gasteiger charge is -2.06. The molecule has 1 aromatic heterocycles. The van der Waals surface area contributed by atoms with Crippen molar-refractivity contribution in [2.45, 2.75) is 11.8 Å². The van der Waals surface area contributed by atoms with E-state index in [0.29, 0.717) is 5.56 Å². The number of nitrogens with zero attached hydrogens (tertiary/aromatic N) is 1. The Bertz CT molecular complexity index is 699. The summed E-state index contributed by atoms with van der Waals surface area (Å²) in [6, 6.07) is 8.59. The van der Waals surface area contributed by atoms with Gasteiger partial charge >= 0.3 is 0 Å². The van der Waals surface area contributed by atoms with E-state index >= 15 is 0 Å². The zero-order valence-corrected chi connectivity index (χ0v) is 12.5. The summed E-state index contributed by atoms with van der Waals surface area (Å²) in [5, 5.41) is 0. The van der Waals surface area contributed by atoms with E-state index in [-0.39, 0.29) is 10.6 Å². The smallest absolute Gasteiger partial charge is 0.227 e. The molecular formula is C13H11BrFNO2S. The third-order valence-corrected chi connectivity index (χ3v) is 4.94. The second-order valence-corrected chi connectivity index (χ2v) is 7.09. The first kappa shape index (κ1) is 14.1. The average molecular weight is 344 g/mol. The van der Waals surface area contributed by atoms with Crippen LogP contribution in [0.15, 0.2) is 45.9 Å². The van der Waals surface area contributed by atoms with Crippen molar-refractivity contribution >= 4 is 25.8 Å². The molecule has 2 aromatic rings. The maximum atomic E-state index is 13.5. The van der Waals surface area contributed by atoms with Crippen LogP contribution in [0.3, 0.4) is 0 Å². The second-order valence-electron chi connectivity index (χ2n) is 3.92. The van der Waals surface area contributed by atoms with Crippen LogP contribution in [0.5, 0.6) is 0 Å². The van der Waals surface area contributed by atoms with Gasteiger partial charge in [-0.05, 0) is 23.8 Å². The maximum Gasteiger partial charge on any atom is 0.231 e. The fourth-order valence-corrected chi connectivity index (χ4v) is 2.79. The maximum absolute atomic E-state index is 13.5. The summed E-state index contributed by atoms with van der Waals surface area (Å²) in [7, 11) is -3.61. The van der Waals surface area contributed by atoms with Crippen LogP contribution >= 0.6 is 15.9 Å². The van der Waals surface area contributed by atoms with E-state index in [2.05, 4.69) is 20.9 Å². The molecular weight excluding hydrogens is 333 g/mol. The minimum absolute atomic E-state index is 0.157. The first-order valence-corrected chi connectivity index (χ1v) is 8.03. The molecule has 0 saturated heterocycles. The molecule has 1 heterocycles. The highest BCUT2D eigenvalue weighted by Crippen LogP contribution is 2.25. The number of aromatic nitrogens is 1. The second kappa shape index (κ2) is 5.38. The Morgan fingerprint density at radius 1 is 1.21 bits per heavy atom. The Hall–Kier alpha value is -1.27. The molecule has 0 amide bonds. The summed E-state index contributed by atoms with van der Waals surface area (Å²) in [5.74, 6) is -1.11. The summed E-state index contributed by atoms with van der Waals surface area (Å²) in [5.41, 5.74) is 1.35. The molecule has 0 saturated carbocycles. The highest BCUT2D eigenvalue weighted by molar-refractivity contribution is 9.10. The molecule has 0 unspecified atom stereocenters. The third-order valence-electron chi connectivity index (χ3n) is 2.70. The van der Waals surface area contributed by atoms with E-state index in [4.69, 9.17) is 0 Å². The molecule has 19 heavy (non-hydrogen) atoms. The van der Waals surface area contributed by atoms with Crippen molar-refractivity contribution in [2.24, 2.45) is 0 Å². The van der Waals surface area contributed by atoms with Gasteiger partial charge in [-0.2, -0.15) is 4.39 Å². The van der Waals surface area contributed by atoms with Crippen LogP contribution in [0.1, 0.15) is 6.92 Å². The summed E-state index contributed by atoms with van der Waals surface area (Å²) < 4.78 is 38.0. The monoisotopic (exact) mass is 343 g/mol. The lowest BCUT2D eigenvalue weighted by atomic mass is 10.1. The van der Waals surface area contributed by atoms with Crippen LogP contribution in [-0.4, -0.2) is 19.2 Å². The van der Waals surface area contributed by atoms with Crippen molar-refractivity contribution in [1.29, 1.82) is 0 Å². The van der Waals surface area contributed by atoms with E-state index < -0.39 is 15.8 Å². The van der Waals surface area contributed by atoms with Gasteiger partial charge in [0.25, 0.3) is 0 Å². The number of hydrogen-bond acceptors (Lipinski definition) is 3. The number of halogens is 2. The highest BCUT2D eigenvalue weighted by atomic mass is 79.9. The van der Waals surface area contributed by atoms with E-state index in [1.807, 2.05) is 12.1 Å². The number of pyridine rings is 1. The van der Waals surface area contributed by atoms with Crippen molar-refractivity contribution in [3.8, 4) is 11.1 Å². The SMILES string of the molecule is CCS(=O)(=O)c1cc(-c2ccc(Br)cc2)cnc1F. The van der Waals surface area contributed by atoms with Crippen molar-refractivity contribution in [2.75, 3.05) is 5.75 Å². The molecule has 100 valence electrons. The van der Waals surface area contributed by atoms with Gasteiger partial charge in [0.05, 0.1) is 5.75 Å². The van der Waals surface area contributed by atoms with Crippen LogP contribution in [0, 0.1) is 5.95 Å². The largest absolute Gasteiger partial charge is 0.231 e. The molecule has 0 spiro atoms. The predicted molar refractivity (Wildman–Crippen MR) is 75.1 cm³/mol. The van der Waals surface area contributed by atoms with Gasteiger partial charge < -0.3 is 0 Å². The van der Waals surface area contributed by atoms with Gasteiger partial charge in [-0.3, -0.25) is 0 Å². The van der Waals surface area contributed by atoms with Gasteiger partial charge in [-0.25, -0.2) is 13.4 Å². The summed E-state index contributed by atoms with van der Waals surface area (Å²) in [6.45, 7) is 1.47.